The van der Waals surface area contributed by atoms with Crippen molar-refractivity contribution in [2.75, 3.05) is 18.2 Å². The van der Waals surface area contributed by atoms with Crippen LogP contribution in [0, 0.1) is 11.3 Å². The number of nitriles is 1. The summed E-state index contributed by atoms with van der Waals surface area (Å²) in [6, 6.07) is 14.8. The number of benzene rings is 2. The summed E-state index contributed by atoms with van der Waals surface area (Å²) >= 11 is 0. The van der Waals surface area contributed by atoms with Crippen molar-refractivity contribution >= 4 is 28.4 Å². The van der Waals surface area contributed by atoms with Gasteiger partial charge in [0.1, 0.15) is 6.07 Å². The SMILES string of the molecule is C[S@](=O)c1ccccc1C(=O)OCC(=O)Nc1ccccc1C#N. The first-order valence-corrected chi connectivity index (χ1v) is 8.47. The van der Waals surface area contributed by atoms with Gasteiger partial charge in [-0.25, -0.2) is 4.79 Å². The predicted molar refractivity (Wildman–Crippen MR) is 88.8 cm³/mol. The van der Waals surface area contributed by atoms with E-state index in [-0.39, 0.29) is 5.56 Å². The van der Waals surface area contributed by atoms with Crippen LogP contribution in [-0.4, -0.2) is 28.9 Å². The summed E-state index contributed by atoms with van der Waals surface area (Å²) in [5.74, 6) is -1.30. The van der Waals surface area contributed by atoms with Crippen LogP contribution in [0.3, 0.4) is 0 Å². The largest absolute Gasteiger partial charge is 0.452 e. The Morgan fingerprint density at radius 1 is 1.17 bits per heavy atom. The minimum Gasteiger partial charge on any atom is -0.452 e. The average molecular weight is 342 g/mol. The van der Waals surface area contributed by atoms with Crippen LogP contribution in [0.1, 0.15) is 15.9 Å². The van der Waals surface area contributed by atoms with E-state index in [1.165, 1.54) is 12.3 Å². The van der Waals surface area contributed by atoms with Crippen LogP contribution in [0.5, 0.6) is 0 Å². The Hall–Kier alpha value is -2.98. The minimum absolute atomic E-state index is 0.156. The highest BCUT2D eigenvalue weighted by Crippen LogP contribution is 2.15. The molecule has 122 valence electrons. The first-order valence-electron chi connectivity index (χ1n) is 6.91. The third-order valence-corrected chi connectivity index (χ3v) is 4.05. The molecule has 0 saturated heterocycles. The first kappa shape index (κ1) is 17.4. The fourth-order valence-electron chi connectivity index (χ4n) is 1.97. The molecule has 6 nitrogen and oxygen atoms in total. The van der Waals surface area contributed by atoms with Gasteiger partial charge in [0.05, 0.1) is 32.5 Å². The van der Waals surface area contributed by atoms with Crippen molar-refractivity contribution in [2.45, 2.75) is 4.90 Å². The average Bonchev–Trinajstić information content (AvgIpc) is 2.60. The summed E-state index contributed by atoms with van der Waals surface area (Å²) < 4.78 is 16.6. The van der Waals surface area contributed by atoms with Crippen molar-refractivity contribution in [2.24, 2.45) is 0 Å². The Bertz CT molecular complexity index is 842. The quantitative estimate of drug-likeness (QED) is 0.839. The van der Waals surface area contributed by atoms with Crippen LogP contribution in [-0.2, 0) is 20.3 Å². The number of amides is 1. The topological polar surface area (TPSA) is 96.3 Å². The summed E-state index contributed by atoms with van der Waals surface area (Å²) in [5.41, 5.74) is 0.809. The lowest BCUT2D eigenvalue weighted by Crippen LogP contribution is -2.21. The number of hydrogen-bond donors (Lipinski definition) is 1. The molecule has 1 atom stereocenters. The van der Waals surface area contributed by atoms with Gasteiger partial charge >= 0.3 is 5.97 Å². The number of rotatable bonds is 5. The van der Waals surface area contributed by atoms with Gasteiger partial charge in [0, 0.05) is 6.26 Å². The number of carbonyl (C=O) groups excluding carboxylic acids is 2. The van der Waals surface area contributed by atoms with Crippen LogP contribution in [0.4, 0.5) is 5.69 Å². The van der Waals surface area contributed by atoms with Gasteiger partial charge < -0.3 is 10.1 Å². The van der Waals surface area contributed by atoms with Crippen molar-refractivity contribution in [3.8, 4) is 6.07 Å². The number of nitrogens with zero attached hydrogens (tertiary/aromatic N) is 1. The molecular formula is C17H14N2O4S. The molecule has 24 heavy (non-hydrogen) atoms. The van der Waals surface area contributed by atoms with E-state index >= 15 is 0 Å². The van der Waals surface area contributed by atoms with Gasteiger partial charge in [0.25, 0.3) is 5.91 Å². The molecule has 0 unspecified atom stereocenters. The highest BCUT2D eigenvalue weighted by Gasteiger charge is 2.16. The molecule has 0 bridgehead atoms. The maximum absolute atomic E-state index is 12.1. The molecule has 1 N–H and O–H groups in total. The van der Waals surface area contributed by atoms with E-state index in [1.807, 2.05) is 6.07 Å². The van der Waals surface area contributed by atoms with Gasteiger partial charge in [-0.15, -0.1) is 0 Å². The minimum atomic E-state index is -1.35. The molecule has 7 heteroatoms. The number of nitrogens with one attached hydrogen (secondary N) is 1. The third kappa shape index (κ3) is 4.27. The molecule has 0 heterocycles. The molecule has 0 fully saturated rings. The van der Waals surface area contributed by atoms with E-state index in [4.69, 9.17) is 10.00 Å². The monoisotopic (exact) mass is 342 g/mol. The molecular weight excluding hydrogens is 328 g/mol. The molecule has 0 saturated carbocycles. The Kier molecular flexibility index (Phi) is 5.82. The first-order chi connectivity index (χ1) is 11.5. The predicted octanol–water partition coefficient (Wildman–Crippen LogP) is 2.09. The highest BCUT2D eigenvalue weighted by atomic mass is 32.2. The number of carbonyl (C=O) groups is 2. The number of hydrogen-bond acceptors (Lipinski definition) is 5. The number of esters is 1. The zero-order chi connectivity index (χ0) is 17.5. The molecule has 0 spiro atoms. The molecule has 0 aromatic heterocycles. The Morgan fingerprint density at radius 2 is 1.83 bits per heavy atom. The number of para-hydroxylation sites is 1. The molecule has 0 aliphatic carbocycles. The smallest absolute Gasteiger partial charge is 0.339 e. The van der Waals surface area contributed by atoms with E-state index in [2.05, 4.69) is 5.32 Å². The molecule has 1 amide bonds. The lowest BCUT2D eigenvalue weighted by Gasteiger charge is -2.09. The fourth-order valence-corrected chi connectivity index (χ4v) is 2.70. The Balaban J connectivity index is 2.01. The fraction of sp³-hybridized carbons (Fsp3) is 0.118. The summed E-state index contributed by atoms with van der Waals surface area (Å²) in [6.45, 7) is -0.511. The number of anilines is 1. The molecule has 0 aliphatic rings. The summed E-state index contributed by atoms with van der Waals surface area (Å²) in [7, 11) is -1.35. The highest BCUT2D eigenvalue weighted by molar-refractivity contribution is 7.84. The summed E-state index contributed by atoms with van der Waals surface area (Å²) in [4.78, 5) is 24.3. The zero-order valence-electron chi connectivity index (χ0n) is 12.8. The summed E-state index contributed by atoms with van der Waals surface area (Å²) in [6.07, 6.45) is 1.46. The van der Waals surface area contributed by atoms with Crippen LogP contribution in [0.15, 0.2) is 53.4 Å². The van der Waals surface area contributed by atoms with Gasteiger partial charge in [-0.3, -0.25) is 9.00 Å². The molecule has 2 rings (SSSR count). The lowest BCUT2D eigenvalue weighted by atomic mass is 10.2. The van der Waals surface area contributed by atoms with Gasteiger partial charge in [-0.1, -0.05) is 24.3 Å². The molecule has 0 aliphatic heterocycles. The van der Waals surface area contributed by atoms with Crippen molar-refractivity contribution in [1.82, 2.24) is 0 Å². The Labute approximate surface area is 141 Å². The van der Waals surface area contributed by atoms with Crippen LogP contribution < -0.4 is 5.32 Å². The van der Waals surface area contributed by atoms with Crippen LogP contribution >= 0.6 is 0 Å². The standard InChI is InChI=1S/C17H14N2O4S/c1-24(22)15-9-5-3-7-13(15)17(21)23-11-16(20)19-14-8-4-2-6-12(14)10-18/h2-9H,11H2,1H3,(H,19,20)/t24-/m0/s1. The van der Waals surface area contributed by atoms with Gasteiger partial charge in [-0.2, -0.15) is 5.26 Å². The van der Waals surface area contributed by atoms with Crippen LogP contribution in [0.2, 0.25) is 0 Å². The van der Waals surface area contributed by atoms with Gasteiger partial charge in [-0.05, 0) is 24.3 Å². The normalized spacial score (nSPS) is 11.2. The van der Waals surface area contributed by atoms with Crippen LogP contribution in [0.25, 0.3) is 0 Å². The summed E-state index contributed by atoms with van der Waals surface area (Å²) in [5, 5.41) is 11.5. The second kappa shape index (κ2) is 8.04. The van der Waals surface area contributed by atoms with E-state index in [1.54, 1.807) is 42.5 Å². The van der Waals surface area contributed by atoms with Crippen molar-refractivity contribution in [1.29, 1.82) is 5.26 Å². The van der Waals surface area contributed by atoms with Crippen molar-refractivity contribution < 1.29 is 18.5 Å². The molecule has 0 radical (unpaired) electrons. The maximum Gasteiger partial charge on any atom is 0.339 e. The maximum atomic E-state index is 12.1. The molecule has 2 aromatic rings. The zero-order valence-corrected chi connectivity index (χ0v) is 13.6. The van der Waals surface area contributed by atoms with Crippen molar-refractivity contribution in [3.05, 3.63) is 59.7 Å². The Morgan fingerprint density at radius 3 is 2.54 bits per heavy atom. The lowest BCUT2D eigenvalue weighted by molar-refractivity contribution is -0.119. The van der Waals surface area contributed by atoms with E-state index in [9.17, 15) is 13.8 Å². The van der Waals surface area contributed by atoms with E-state index in [0.29, 0.717) is 16.1 Å². The van der Waals surface area contributed by atoms with Gasteiger partial charge in [0.15, 0.2) is 6.61 Å². The van der Waals surface area contributed by atoms with Crippen molar-refractivity contribution in [3.63, 3.8) is 0 Å². The second-order valence-electron chi connectivity index (χ2n) is 4.73. The van der Waals surface area contributed by atoms with E-state index in [0.717, 1.165) is 0 Å². The van der Waals surface area contributed by atoms with E-state index < -0.39 is 29.3 Å². The third-order valence-electron chi connectivity index (χ3n) is 3.07. The molecule has 2 aromatic carbocycles. The number of ether oxygens (including phenoxy) is 1. The second-order valence-corrected chi connectivity index (χ2v) is 6.08. The van der Waals surface area contributed by atoms with Gasteiger partial charge in [0.2, 0.25) is 0 Å².